The van der Waals surface area contributed by atoms with Crippen LogP contribution in [0.3, 0.4) is 0 Å². The monoisotopic (exact) mass is 404 g/mol. The molecule has 8 heteroatoms. The van der Waals surface area contributed by atoms with Gasteiger partial charge in [-0.1, -0.05) is 17.7 Å². The van der Waals surface area contributed by atoms with E-state index in [9.17, 15) is 14.4 Å². The zero-order valence-electron chi connectivity index (χ0n) is 16.6. The van der Waals surface area contributed by atoms with Gasteiger partial charge in [0.05, 0.1) is 18.4 Å². The smallest absolute Gasteiger partial charge is 0.338 e. The van der Waals surface area contributed by atoms with Gasteiger partial charge >= 0.3 is 5.97 Å². The standard InChI is InChI=1S/C22H20N4O4/c1-3-30-22(29)14-5-4-6-15(10-14)24-19(27)12-26-21(28)20-17(11-23-26)16-9-13(2)7-8-18(16)25-20/h4-11,25H,3,12H2,1-2H3,(H,24,27). The number of aromatic nitrogens is 3. The van der Waals surface area contributed by atoms with Gasteiger partial charge in [0.1, 0.15) is 12.1 Å². The number of anilines is 1. The van der Waals surface area contributed by atoms with Crippen molar-refractivity contribution < 1.29 is 14.3 Å². The van der Waals surface area contributed by atoms with Crippen molar-refractivity contribution in [2.24, 2.45) is 0 Å². The van der Waals surface area contributed by atoms with Crippen LogP contribution in [0, 0.1) is 6.92 Å². The van der Waals surface area contributed by atoms with E-state index < -0.39 is 11.9 Å². The van der Waals surface area contributed by atoms with Crippen molar-refractivity contribution in [1.29, 1.82) is 0 Å². The quantitative estimate of drug-likeness (QED) is 0.498. The number of amides is 1. The SMILES string of the molecule is CCOC(=O)c1cccc(NC(=O)Cn2ncc3c([nH]c4ccc(C)cc43)c2=O)c1. The number of aromatic amines is 1. The van der Waals surface area contributed by atoms with Crippen LogP contribution in [0.25, 0.3) is 21.8 Å². The molecule has 0 fully saturated rings. The van der Waals surface area contributed by atoms with Crippen LogP contribution in [-0.2, 0) is 16.1 Å². The summed E-state index contributed by atoms with van der Waals surface area (Å²) in [5.74, 6) is -0.900. The molecular weight excluding hydrogens is 384 g/mol. The van der Waals surface area contributed by atoms with E-state index in [1.165, 1.54) is 6.07 Å². The zero-order valence-corrected chi connectivity index (χ0v) is 16.6. The Morgan fingerprint density at radius 1 is 1.17 bits per heavy atom. The van der Waals surface area contributed by atoms with Crippen LogP contribution in [0.5, 0.6) is 0 Å². The molecule has 0 aliphatic carbocycles. The number of aryl methyl sites for hydroxylation is 1. The second-order valence-electron chi connectivity index (χ2n) is 6.92. The summed E-state index contributed by atoms with van der Waals surface area (Å²) in [5.41, 5.74) is 2.71. The van der Waals surface area contributed by atoms with E-state index in [-0.39, 0.29) is 18.7 Å². The summed E-state index contributed by atoms with van der Waals surface area (Å²) in [6, 6.07) is 12.3. The van der Waals surface area contributed by atoms with E-state index >= 15 is 0 Å². The predicted molar refractivity (Wildman–Crippen MR) is 114 cm³/mol. The Balaban J connectivity index is 1.57. The van der Waals surface area contributed by atoms with E-state index in [4.69, 9.17) is 4.74 Å². The van der Waals surface area contributed by atoms with Gasteiger partial charge in [-0.25, -0.2) is 9.48 Å². The van der Waals surface area contributed by atoms with Crippen molar-refractivity contribution in [3.63, 3.8) is 0 Å². The summed E-state index contributed by atoms with van der Waals surface area (Å²) in [7, 11) is 0. The van der Waals surface area contributed by atoms with Crippen molar-refractivity contribution in [2.75, 3.05) is 11.9 Å². The molecule has 0 atom stereocenters. The lowest BCUT2D eigenvalue weighted by atomic mass is 10.1. The molecule has 2 N–H and O–H groups in total. The summed E-state index contributed by atoms with van der Waals surface area (Å²) in [4.78, 5) is 40.2. The van der Waals surface area contributed by atoms with Crippen molar-refractivity contribution in [1.82, 2.24) is 14.8 Å². The van der Waals surface area contributed by atoms with Crippen LogP contribution in [0.15, 0.2) is 53.5 Å². The fourth-order valence-electron chi connectivity index (χ4n) is 3.33. The third-order valence-electron chi connectivity index (χ3n) is 4.72. The van der Waals surface area contributed by atoms with Crippen LogP contribution < -0.4 is 10.9 Å². The molecule has 0 aliphatic rings. The van der Waals surface area contributed by atoms with E-state index in [1.807, 2.05) is 25.1 Å². The van der Waals surface area contributed by atoms with Gasteiger partial charge in [-0.15, -0.1) is 0 Å². The molecule has 2 heterocycles. The van der Waals surface area contributed by atoms with Crippen molar-refractivity contribution >= 4 is 39.4 Å². The molecule has 2 aromatic carbocycles. The van der Waals surface area contributed by atoms with Crippen molar-refractivity contribution in [3.05, 3.63) is 70.1 Å². The highest BCUT2D eigenvalue weighted by atomic mass is 16.5. The van der Waals surface area contributed by atoms with E-state index in [2.05, 4.69) is 15.4 Å². The number of carbonyl (C=O) groups excluding carboxylic acids is 2. The second kappa shape index (κ2) is 7.82. The third-order valence-corrected chi connectivity index (χ3v) is 4.72. The lowest BCUT2D eigenvalue weighted by Gasteiger charge is -2.08. The molecule has 152 valence electrons. The third kappa shape index (κ3) is 3.67. The van der Waals surface area contributed by atoms with Gasteiger partial charge in [0.25, 0.3) is 5.56 Å². The molecule has 0 unspecified atom stereocenters. The highest BCUT2D eigenvalue weighted by molar-refractivity contribution is 6.06. The molecular formula is C22H20N4O4. The maximum absolute atomic E-state index is 12.8. The van der Waals surface area contributed by atoms with E-state index in [0.717, 1.165) is 26.5 Å². The van der Waals surface area contributed by atoms with Gasteiger partial charge in [-0.3, -0.25) is 9.59 Å². The Morgan fingerprint density at radius 3 is 2.80 bits per heavy atom. The first-order valence-corrected chi connectivity index (χ1v) is 9.51. The van der Waals surface area contributed by atoms with Crippen LogP contribution in [0.4, 0.5) is 5.69 Å². The largest absolute Gasteiger partial charge is 0.462 e. The normalized spacial score (nSPS) is 11.0. The Kier molecular flexibility index (Phi) is 5.05. The van der Waals surface area contributed by atoms with Crippen molar-refractivity contribution in [3.8, 4) is 0 Å². The molecule has 0 aliphatic heterocycles. The predicted octanol–water partition coefficient (Wildman–Crippen LogP) is 3.00. The maximum atomic E-state index is 12.8. The Hall–Kier alpha value is -3.94. The summed E-state index contributed by atoms with van der Waals surface area (Å²) in [6.07, 6.45) is 1.59. The topological polar surface area (TPSA) is 106 Å². The summed E-state index contributed by atoms with van der Waals surface area (Å²) in [6.45, 7) is 3.71. The van der Waals surface area contributed by atoms with Crippen LogP contribution >= 0.6 is 0 Å². The number of nitrogens with zero attached hydrogens (tertiary/aromatic N) is 2. The molecule has 1 amide bonds. The van der Waals surface area contributed by atoms with Gasteiger partial charge in [-0.2, -0.15) is 5.10 Å². The minimum absolute atomic E-state index is 0.257. The van der Waals surface area contributed by atoms with Gasteiger partial charge in [0, 0.05) is 22.0 Å². The zero-order chi connectivity index (χ0) is 21.3. The number of hydrogen-bond donors (Lipinski definition) is 2. The fraction of sp³-hybridized carbons (Fsp3) is 0.182. The molecule has 0 radical (unpaired) electrons. The number of hydrogen-bond acceptors (Lipinski definition) is 5. The molecule has 2 aromatic heterocycles. The molecule has 0 spiro atoms. The average molecular weight is 404 g/mol. The number of fused-ring (bicyclic) bond motifs is 3. The minimum Gasteiger partial charge on any atom is -0.462 e. The fourth-order valence-corrected chi connectivity index (χ4v) is 3.33. The summed E-state index contributed by atoms with van der Waals surface area (Å²) >= 11 is 0. The van der Waals surface area contributed by atoms with E-state index in [0.29, 0.717) is 16.8 Å². The number of esters is 1. The number of ether oxygens (including phenoxy) is 1. The van der Waals surface area contributed by atoms with Crippen molar-refractivity contribution in [2.45, 2.75) is 20.4 Å². The van der Waals surface area contributed by atoms with Gasteiger partial charge in [0.15, 0.2) is 0 Å². The minimum atomic E-state index is -0.467. The molecule has 0 saturated heterocycles. The highest BCUT2D eigenvalue weighted by Gasteiger charge is 2.14. The molecule has 0 bridgehead atoms. The molecule has 8 nitrogen and oxygen atoms in total. The van der Waals surface area contributed by atoms with Crippen LogP contribution in [-0.4, -0.2) is 33.2 Å². The number of nitrogens with one attached hydrogen (secondary N) is 2. The number of H-pyrrole nitrogens is 1. The summed E-state index contributed by atoms with van der Waals surface area (Å²) in [5, 5.41) is 8.48. The Labute approximate surface area is 171 Å². The second-order valence-corrected chi connectivity index (χ2v) is 6.92. The first kappa shape index (κ1) is 19.4. The summed E-state index contributed by atoms with van der Waals surface area (Å²) < 4.78 is 6.07. The molecule has 4 aromatic rings. The number of carbonyl (C=O) groups is 2. The Bertz CT molecular complexity index is 1340. The Morgan fingerprint density at radius 2 is 2.00 bits per heavy atom. The molecule has 4 rings (SSSR count). The van der Waals surface area contributed by atoms with Crippen LogP contribution in [0.1, 0.15) is 22.8 Å². The first-order valence-electron chi connectivity index (χ1n) is 9.51. The van der Waals surface area contributed by atoms with Gasteiger partial charge in [0.2, 0.25) is 5.91 Å². The van der Waals surface area contributed by atoms with Gasteiger partial charge < -0.3 is 15.0 Å². The number of rotatable bonds is 5. The molecule has 0 saturated carbocycles. The highest BCUT2D eigenvalue weighted by Crippen LogP contribution is 2.23. The number of benzene rings is 2. The van der Waals surface area contributed by atoms with Crippen LogP contribution in [0.2, 0.25) is 0 Å². The lowest BCUT2D eigenvalue weighted by molar-refractivity contribution is -0.117. The first-order chi connectivity index (χ1) is 14.5. The molecule has 30 heavy (non-hydrogen) atoms. The lowest BCUT2D eigenvalue weighted by Crippen LogP contribution is -2.29. The maximum Gasteiger partial charge on any atom is 0.338 e. The van der Waals surface area contributed by atoms with Gasteiger partial charge in [-0.05, 0) is 44.2 Å². The average Bonchev–Trinajstić information content (AvgIpc) is 3.09. The van der Waals surface area contributed by atoms with E-state index in [1.54, 1.807) is 31.3 Å².